The maximum absolute atomic E-state index is 11.4. The van der Waals surface area contributed by atoms with Crippen molar-refractivity contribution in [3.8, 4) is 5.75 Å². The lowest BCUT2D eigenvalue weighted by atomic mass is 10.1. The number of ether oxygens (including phenoxy) is 1. The van der Waals surface area contributed by atoms with Crippen LogP contribution in [0.2, 0.25) is 0 Å². The summed E-state index contributed by atoms with van der Waals surface area (Å²) < 4.78 is 5.27. The molecule has 0 unspecified atom stereocenters. The first kappa shape index (κ1) is 13.4. The number of hydrogen-bond donors (Lipinski definition) is 1. The van der Waals surface area contributed by atoms with Gasteiger partial charge in [0.1, 0.15) is 5.75 Å². The first-order valence-electron chi connectivity index (χ1n) is 5.71. The molecule has 0 aliphatic heterocycles. The molecule has 0 atom stereocenters. The molecule has 0 saturated carbocycles. The van der Waals surface area contributed by atoms with Gasteiger partial charge in [-0.1, -0.05) is 19.1 Å². The molecule has 0 saturated heterocycles. The summed E-state index contributed by atoms with van der Waals surface area (Å²) in [6.45, 7) is 2.68. The molecule has 94 valence electrons. The van der Waals surface area contributed by atoms with Gasteiger partial charge in [-0.15, -0.1) is 0 Å². The van der Waals surface area contributed by atoms with Crippen LogP contribution in [0.4, 0.5) is 4.79 Å². The molecule has 0 heterocycles. The van der Waals surface area contributed by atoms with E-state index in [1.807, 2.05) is 12.1 Å². The van der Waals surface area contributed by atoms with Gasteiger partial charge in [0.15, 0.2) is 0 Å². The summed E-state index contributed by atoms with van der Waals surface area (Å²) >= 11 is 0. The molecule has 0 aliphatic carbocycles. The van der Waals surface area contributed by atoms with Crippen LogP contribution in [0.25, 0.3) is 0 Å². The molecule has 1 rings (SSSR count). The number of amides is 2. The van der Waals surface area contributed by atoms with Gasteiger partial charge in [0.05, 0.1) is 7.11 Å². The number of carbonyl (C=O) groups is 1. The van der Waals surface area contributed by atoms with Gasteiger partial charge in [-0.25, -0.2) is 4.79 Å². The van der Waals surface area contributed by atoms with E-state index in [1.54, 1.807) is 26.1 Å². The van der Waals surface area contributed by atoms with Crippen LogP contribution in [0.15, 0.2) is 18.2 Å². The van der Waals surface area contributed by atoms with Crippen LogP contribution >= 0.6 is 0 Å². The lowest BCUT2D eigenvalue weighted by Gasteiger charge is -2.17. The van der Waals surface area contributed by atoms with Crippen LogP contribution in [-0.2, 0) is 13.0 Å². The van der Waals surface area contributed by atoms with Crippen LogP contribution in [0.3, 0.4) is 0 Å². The number of benzene rings is 1. The molecule has 1 aromatic carbocycles. The zero-order chi connectivity index (χ0) is 12.8. The Kier molecular flexibility index (Phi) is 4.82. The van der Waals surface area contributed by atoms with Crippen molar-refractivity contribution in [3.05, 3.63) is 29.3 Å². The standard InChI is InChI=1S/C13H20N2O2/c1-5-11-8-10(6-7-12(11)17-4)9-15(3)13(16)14-2/h6-8H,5,9H2,1-4H3,(H,14,16). The van der Waals surface area contributed by atoms with Crippen LogP contribution < -0.4 is 10.1 Å². The molecule has 0 bridgehead atoms. The van der Waals surface area contributed by atoms with Gasteiger partial charge in [-0.05, 0) is 23.6 Å². The summed E-state index contributed by atoms with van der Waals surface area (Å²) in [4.78, 5) is 13.0. The third-order valence-electron chi connectivity index (χ3n) is 2.71. The second-order valence-corrected chi connectivity index (χ2v) is 3.91. The summed E-state index contributed by atoms with van der Waals surface area (Å²) in [5.74, 6) is 0.902. The second-order valence-electron chi connectivity index (χ2n) is 3.91. The van der Waals surface area contributed by atoms with E-state index < -0.39 is 0 Å². The largest absolute Gasteiger partial charge is 0.496 e. The number of hydrogen-bond acceptors (Lipinski definition) is 2. The fourth-order valence-corrected chi connectivity index (χ4v) is 1.74. The molecule has 1 N–H and O–H groups in total. The van der Waals surface area contributed by atoms with Crippen molar-refractivity contribution in [2.75, 3.05) is 21.2 Å². The van der Waals surface area contributed by atoms with Crippen LogP contribution in [-0.4, -0.2) is 32.1 Å². The van der Waals surface area contributed by atoms with Gasteiger partial charge in [-0.2, -0.15) is 0 Å². The minimum atomic E-state index is -0.0844. The van der Waals surface area contributed by atoms with Gasteiger partial charge in [-0.3, -0.25) is 0 Å². The van der Waals surface area contributed by atoms with Crippen molar-refractivity contribution in [2.45, 2.75) is 19.9 Å². The predicted molar refractivity (Wildman–Crippen MR) is 68.3 cm³/mol. The molecule has 0 radical (unpaired) electrons. The van der Waals surface area contributed by atoms with Crippen LogP contribution in [0.1, 0.15) is 18.1 Å². The van der Waals surface area contributed by atoms with Crippen molar-refractivity contribution in [2.24, 2.45) is 0 Å². The van der Waals surface area contributed by atoms with Crippen LogP contribution in [0, 0.1) is 0 Å². The van der Waals surface area contributed by atoms with Gasteiger partial charge in [0.25, 0.3) is 0 Å². The third kappa shape index (κ3) is 3.37. The molecule has 0 aliphatic rings. The van der Waals surface area contributed by atoms with Gasteiger partial charge in [0.2, 0.25) is 0 Å². The average Bonchev–Trinajstić information content (AvgIpc) is 2.37. The van der Waals surface area contributed by atoms with E-state index in [1.165, 1.54) is 0 Å². The first-order valence-corrected chi connectivity index (χ1v) is 5.71. The Morgan fingerprint density at radius 1 is 1.47 bits per heavy atom. The first-order chi connectivity index (χ1) is 8.12. The molecule has 17 heavy (non-hydrogen) atoms. The number of carbonyl (C=O) groups excluding carboxylic acids is 1. The highest BCUT2D eigenvalue weighted by molar-refractivity contribution is 5.73. The molecular formula is C13H20N2O2. The fourth-order valence-electron chi connectivity index (χ4n) is 1.74. The average molecular weight is 236 g/mol. The van der Waals surface area contributed by atoms with E-state index in [0.29, 0.717) is 6.54 Å². The summed E-state index contributed by atoms with van der Waals surface area (Å²) in [7, 11) is 5.07. The molecule has 4 heteroatoms. The number of urea groups is 1. The zero-order valence-corrected chi connectivity index (χ0v) is 10.9. The highest BCUT2D eigenvalue weighted by Crippen LogP contribution is 2.20. The maximum atomic E-state index is 11.4. The van der Waals surface area contributed by atoms with Crippen molar-refractivity contribution in [3.63, 3.8) is 0 Å². The number of methoxy groups -OCH3 is 1. The lowest BCUT2D eigenvalue weighted by molar-refractivity contribution is 0.209. The Balaban J connectivity index is 2.82. The number of aryl methyl sites for hydroxylation is 1. The second kappa shape index (κ2) is 6.13. The molecule has 2 amide bonds. The zero-order valence-electron chi connectivity index (χ0n) is 10.9. The topological polar surface area (TPSA) is 41.6 Å². The number of nitrogens with one attached hydrogen (secondary N) is 1. The van der Waals surface area contributed by atoms with E-state index in [0.717, 1.165) is 23.3 Å². The quantitative estimate of drug-likeness (QED) is 0.869. The fraction of sp³-hybridized carbons (Fsp3) is 0.462. The SMILES string of the molecule is CCc1cc(CN(C)C(=O)NC)ccc1OC. The third-order valence-corrected chi connectivity index (χ3v) is 2.71. The van der Waals surface area contributed by atoms with E-state index >= 15 is 0 Å². The van der Waals surface area contributed by atoms with E-state index in [9.17, 15) is 4.79 Å². The highest BCUT2D eigenvalue weighted by atomic mass is 16.5. The molecule has 0 fully saturated rings. The number of rotatable bonds is 4. The Morgan fingerprint density at radius 2 is 2.18 bits per heavy atom. The summed E-state index contributed by atoms with van der Waals surface area (Å²) in [6, 6.07) is 5.93. The molecular weight excluding hydrogens is 216 g/mol. The molecule has 1 aromatic rings. The monoisotopic (exact) mass is 236 g/mol. The van der Waals surface area contributed by atoms with Crippen molar-refractivity contribution in [1.29, 1.82) is 0 Å². The van der Waals surface area contributed by atoms with Crippen molar-refractivity contribution in [1.82, 2.24) is 10.2 Å². The molecule has 0 aromatic heterocycles. The minimum absolute atomic E-state index is 0.0844. The molecule has 4 nitrogen and oxygen atoms in total. The van der Waals surface area contributed by atoms with E-state index in [-0.39, 0.29) is 6.03 Å². The molecule has 0 spiro atoms. The highest BCUT2D eigenvalue weighted by Gasteiger charge is 2.08. The minimum Gasteiger partial charge on any atom is -0.496 e. The van der Waals surface area contributed by atoms with Gasteiger partial charge >= 0.3 is 6.03 Å². The number of nitrogens with zero attached hydrogens (tertiary/aromatic N) is 1. The van der Waals surface area contributed by atoms with Gasteiger partial charge < -0.3 is 15.0 Å². The summed E-state index contributed by atoms with van der Waals surface area (Å²) in [5, 5.41) is 2.60. The van der Waals surface area contributed by atoms with E-state index in [4.69, 9.17) is 4.74 Å². The Bertz CT molecular complexity index is 391. The Labute approximate surface area is 103 Å². The van der Waals surface area contributed by atoms with Gasteiger partial charge in [0, 0.05) is 20.6 Å². The normalized spacial score (nSPS) is 9.88. The smallest absolute Gasteiger partial charge is 0.317 e. The van der Waals surface area contributed by atoms with E-state index in [2.05, 4.69) is 18.3 Å². The van der Waals surface area contributed by atoms with Crippen LogP contribution in [0.5, 0.6) is 5.75 Å². The maximum Gasteiger partial charge on any atom is 0.317 e. The van der Waals surface area contributed by atoms with Crippen molar-refractivity contribution >= 4 is 6.03 Å². The lowest BCUT2D eigenvalue weighted by Crippen LogP contribution is -2.34. The summed E-state index contributed by atoms with van der Waals surface area (Å²) in [5.41, 5.74) is 2.27. The summed E-state index contributed by atoms with van der Waals surface area (Å²) in [6.07, 6.45) is 0.917. The Morgan fingerprint density at radius 3 is 2.71 bits per heavy atom. The van der Waals surface area contributed by atoms with Crippen molar-refractivity contribution < 1.29 is 9.53 Å². The Hall–Kier alpha value is -1.71. The predicted octanol–water partition coefficient (Wildman–Crippen LogP) is 2.03.